The van der Waals surface area contributed by atoms with Crippen LogP contribution in [0.4, 0.5) is 0 Å². The highest BCUT2D eigenvalue weighted by Crippen LogP contribution is 2.25. The van der Waals surface area contributed by atoms with Gasteiger partial charge in [-0.2, -0.15) is 8.42 Å². The summed E-state index contributed by atoms with van der Waals surface area (Å²) in [5.41, 5.74) is 1.65. The summed E-state index contributed by atoms with van der Waals surface area (Å²) >= 11 is 0. The fourth-order valence-corrected chi connectivity index (χ4v) is 2.59. The van der Waals surface area contributed by atoms with E-state index < -0.39 is 10.1 Å². The summed E-state index contributed by atoms with van der Waals surface area (Å²) in [6.45, 7) is 3.64. The molecular formula is C12H12O3S. The van der Waals surface area contributed by atoms with Crippen LogP contribution in [-0.2, 0) is 10.1 Å². The summed E-state index contributed by atoms with van der Waals surface area (Å²) in [7, 11) is -4.14. The van der Waals surface area contributed by atoms with Crippen molar-refractivity contribution in [3.05, 3.63) is 41.5 Å². The lowest BCUT2D eigenvalue weighted by atomic mass is 10.0. The van der Waals surface area contributed by atoms with Crippen LogP contribution in [-0.4, -0.2) is 13.0 Å². The van der Waals surface area contributed by atoms with Crippen LogP contribution in [0.25, 0.3) is 10.8 Å². The Labute approximate surface area is 94.5 Å². The number of fused-ring (bicyclic) bond motifs is 1. The molecule has 0 bridgehead atoms. The van der Waals surface area contributed by atoms with Gasteiger partial charge in [-0.05, 0) is 47.9 Å². The molecule has 0 atom stereocenters. The van der Waals surface area contributed by atoms with Crippen molar-refractivity contribution in [1.82, 2.24) is 0 Å². The van der Waals surface area contributed by atoms with E-state index in [1.807, 2.05) is 25.1 Å². The van der Waals surface area contributed by atoms with Crippen LogP contribution >= 0.6 is 0 Å². The van der Waals surface area contributed by atoms with Crippen molar-refractivity contribution in [1.29, 1.82) is 0 Å². The number of hydrogen-bond donors (Lipinski definition) is 1. The fourth-order valence-electron chi connectivity index (χ4n) is 1.85. The summed E-state index contributed by atoms with van der Waals surface area (Å²) < 4.78 is 31.3. The zero-order valence-electron chi connectivity index (χ0n) is 9.06. The van der Waals surface area contributed by atoms with Gasteiger partial charge in [0.05, 0.1) is 4.90 Å². The van der Waals surface area contributed by atoms with Gasteiger partial charge in [0.1, 0.15) is 0 Å². The molecule has 1 N–H and O–H groups in total. The molecule has 0 aromatic heterocycles. The maximum Gasteiger partial charge on any atom is 0.294 e. The second-order valence-electron chi connectivity index (χ2n) is 3.89. The number of hydrogen-bond acceptors (Lipinski definition) is 2. The van der Waals surface area contributed by atoms with Gasteiger partial charge in [0, 0.05) is 0 Å². The molecule has 0 aliphatic rings. The zero-order chi connectivity index (χ0) is 11.9. The SMILES string of the molecule is Cc1cc2c(C)cccc2cc1S(=O)(=O)O. The molecule has 0 saturated heterocycles. The normalized spacial score (nSPS) is 11.9. The third kappa shape index (κ3) is 1.81. The summed E-state index contributed by atoms with van der Waals surface area (Å²) in [6.07, 6.45) is 0. The first kappa shape index (κ1) is 11.1. The first-order valence-corrected chi connectivity index (χ1v) is 6.31. The van der Waals surface area contributed by atoms with E-state index in [1.54, 1.807) is 13.0 Å². The predicted molar refractivity (Wildman–Crippen MR) is 63.2 cm³/mol. The van der Waals surface area contributed by atoms with Crippen molar-refractivity contribution in [3.8, 4) is 0 Å². The summed E-state index contributed by atoms with van der Waals surface area (Å²) in [5, 5.41) is 1.82. The highest BCUT2D eigenvalue weighted by atomic mass is 32.2. The molecule has 2 aromatic rings. The van der Waals surface area contributed by atoms with E-state index >= 15 is 0 Å². The Bertz CT molecular complexity index is 657. The molecule has 0 spiro atoms. The van der Waals surface area contributed by atoms with Crippen molar-refractivity contribution in [2.45, 2.75) is 18.7 Å². The standard InChI is InChI=1S/C12H12O3S/c1-8-4-3-5-10-7-12(16(13,14)15)9(2)6-11(8)10/h3-7H,1-2H3,(H,13,14,15). The van der Waals surface area contributed by atoms with Crippen LogP contribution in [0.1, 0.15) is 11.1 Å². The molecular weight excluding hydrogens is 224 g/mol. The molecule has 3 nitrogen and oxygen atoms in total. The topological polar surface area (TPSA) is 54.4 Å². The summed E-state index contributed by atoms with van der Waals surface area (Å²) in [6, 6.07) is 8.95. The van der Waals surface area contributed by atoms with Crippen LogP contribution in [0.3, 0.4) is 0 Å². The van der Waals surface area contributed by atoms with Gasteiger partial charge in [-0.1, -0.05) is 18.2 Å². The van der Waals surface area contributed by atoms with Gasteiger partial charge in [0.25, 0.3) is 10.1 Å². The maximum absolute atomic E-state index is 11.1. The Morgan fingerprint density at radius 2 is 1.75 bits per heavy atom. The average molecular weight is 236 g/mol. The van der Waals surface area contributed by atoms with Crippen LogP contribution in [0.15, 0.2) is 35.2 Å². The molecule has 16 heavy (non-hydrogen) atoms. The first-order valence-electron chi connectivity index (χ1n) is 4.87. The highest BCUT2D eigenvalue weighted by molar-refractivity contribution is 7.85. The number of benzene rings is 2. The third-order valence-electron chi connectivity index (χ3n) is 2.67. The second-order valence-corrected chi connectivity index (χ2v) is 5.28. The lowest BCUT2D eigenvalue weighted by molar-refractivity contribution is 0.482. The Morgan fingerprint density at radius 1 is 1.06 bits per heavy atom. The zero-order valence-corrected chi connectivity index (χ0v) is 9.88. The molecule has 84 valence electrons. The fraction of sp³-hybridized carbons (Fsp3) is 0.167. The predicted octanol–water partition coefficient (Wildman–Crippen LogP) is 2.70. The van der Waals surface area contributed by atoms with Gasteiger partial charge in [0.2, 0.25) is 0 Å². The minimum Gasteiger partial charge on any atom is -0.282 e. The number of aryl methyl sites for hydroxylation is 2. The van der Waals surface area contributed by atoms with Crippen molar-refractivity contribution in [3.63, 3.8) is 0 Å². The minimum atomic E-state index is -4.14. The van der Waals surface area contributed by atoms with Gasteiger partial charge in [-0.25, -0.2) is 0 Å². The average Bonchev–Trinajstić information content (AvgIpc) is 2.17. The molecule has 0 saturated carbocycles. The molecule has 2 aromatic carbocycles. The van der Waals surface area contributed by atoms with Crippen LogP contribution in [0.5, 0.6) is 0 Å². The van der Waals surface area contributed by atoms with Crippen LogP contribution in [0.2, 0.25) is 0 Å². The Hall–Kier alpha value is -1.39. The summed E-state index contributed by atoms with van der Waals surface area (Å²) in [5.74, 6) is 0. The van der Waals surface area contributed by atoms with Crippen molar-refractivity contribution < 1.29 is 13.0 Å². The Morgan fingerprint density at radius 3 is 2.38 bits per heavy atom. The molecule has 4 heteroatoms. The van der Waals surface area contributed by atoms with Crippen molar-refractivity contribution in [2.24, 2.45) is 0 Å². The Kier molecular flexibility index (Phi) is 2.48. The molecule has 0 unspecified atom stereocenters. The molecule has 2 rings (SSSR count). The highest BCUT2D eigenvalue weighted by Gasteiger charge is 2.14. The monoisotopic (exact) mass is 236 g/mol. The third-order valence-corrected chi connectivity index (χ3v) is 3.67. The molecule has 0 heterocycles. The van der Waals surface area contributed by atoms with Gasteiger partial charge in [0.15, 0.2) is 0 Å². The number of rotatable bonds is 1. The van der Waals surface area contributed by atoms with E-state index in [9.17, 15) is 8.42 Å². The van der Waals surface area contributed by atoms with Crippen LogP contribution < -0.4 is 0 Å². The lowest BCUT2D eigenvalue weighted by Gasteiger charge is -2.07. The minimum absolute atomic E-state index is 0.0226. The van der Waals surface area contributed by atoms with E-state index in [0.717, 1.165) is 16.3 Å². The van der Waals surface area contributed by atoms with Gasteiger partial charge >= 0.3 is 0 Å². The smallest absolute Gasteiger partial charge is 0.282 e. The molecule has 0 amide bonds. The van der Waals surface area contributed by atoms with E-state index in [1.165, 1.54) is 6.07 Å². The molecule has 0 aliphatic carbocycles. The van der Waals surface area contributed by atoms with Crippen molar-refractivity contribution in [2.75, 3.05) is 0 Å². The van der Waals surface area contributed by atoms with Crippen molar-refractivity contribution >= 4 is 20.9 Å². The maximum atomic E-state index is 11.1. The second kappa shape index (κ2) is 3.57. The van der Waals surface area contributed by atoms with E-state index in [4.69, 9.17) is 4.55 Å². The van der Waals surface area contributed by atoms with Crippen LogP contribution in [0, 0.1) is 13.8 Å². The van der Waals surface area contributed by atoms with Gasteiger partial charge in [-0.3, -0.25) is 4.55 Å². The Balaban J connectivity index is 2.88. The molecule has 0 radical (unpaired) electrons. The quantitative estimate of drug-likeness (QED) is 0.774. The van der Waals surface area contributed by atoms with E-state index in [2.05, 4.69) is 0 Å². The first-order chi connectivity index (χ1) is 7.39. The van der Waals surface area contributed by atoms with E-state index in [0.29, 0.717) is 5.56 Å². The van der Waals surface area contributed by atoms with Gasteiger partial charge in [-0.15, -0.1) is 0 Å². The molecule has 0 aliphatic heterocycles. The largest absolute Gasteiger partial charge is 0.294 e. The summed E-state index contributed by atoms with van der Waals surface area (Å²) in [4.78, 5) is -0.0226. The molecule has 0 fully saturated rings. The van der Waals surface area contributed by atoms with Gasteiger partial charge < -0.3 is 0 Å². The van der Waals surface area contributed by atoms with E-state index in [-0.39, 0.29) is 4.90 Å². The lowest BCUT2D eigenvalue weighted by Crippen LogP contribution is -2.01.